The third-order valence-electron chi connectivity index (χ3n) is 1.97. The van der Waals surface area contributed by atoms with Crippen LogP contribution in [0.15, 0.2) is 25.7 Å². The van der Waals surface area contributed by atoms with Gasteiger partial charge in [-0.3, -0.25) is 0 Å². The van der Waals surface area contributed by atoms with E-state index in [9.17, 15) is 0 Å². The van der Waals surface area contributed by atoms with Gasteiger partial charge in [-0.05, 0) is 12.8 Å². The second-order valence-corrected chi connectivity index (χ2v) is 3.49. The summed E-state index contributed by atoms with van der Waals surface area (Å²) in [5.74, 6) is 0. The zero-order valence-electron chi connectivity index (χ0n) is 11.0. The largest absolute Gasteiger partial charge is 0.502 e. The maximum absolute atomic E-state index is 4.94. The quantitative estimate of drug-likeness (QED) is 0.399. The highest BCUT2D eigenvalue weighted by molar-refractivity contribution is 4.49. The van der Waals surface area contributed by atoms with E-state index in [1.165, 1.54) is 44.6 Å². The molecule has 2 heteroatoms. The number of ether oxygens (including phenoxy) is 2. The predicted molar refractivity (Wildman–Crippen MR) is 71.3 cm³/mol. The molecule has 0 saturated carbocycles. The molecule has 0 aliphatic rings. The van der Waals surface area contributed by atoms with E-state index >= 15 is 0 Å². The summed E-state index contributed by atoms with van der Waals surface area (Å²) in [5.41, 5.74) is 0. The summed E-state index contributed by atoms with van der Waals surface area (Å²) in [7, 11) is 0. The van der Waals surface area contributed by atoms with Gasteiger partial charge in [0.1, 0.15) is 0 Å². The minimum Gasteiger partial charge on any atom is -0.502 e. The summed E-state index contributed by atoms with van der Waals surface area (Å²) in [6, 6.07) is 0. The van der Waals surface area contributed by atoms with Gasteiger partial charge in [0.2, 0.25) is 0 Å². The molecule has 0 fully saturated rings. The van der Waals surface area contributed by atoms with Crippen LogP contribution >= 0.6 is 0 Å². The van der Waals surface area contributed by atoms with Crippen molar-refractivity contribution in [1.82, 2.24) is 0 Å². The average molecular weight is 228 g/mol. The first-order valence-electron chi connectivity index (χ1n) is 6.28. The lowest BCUT2D eigenvalue weighted by atomic mass is 10.2. The van der Waals surface area contributed by atoms with E-state index in [0.29, 0.717) is 0 Å². The van der Waals surface area contributed by atoms with Gasteiger partial charge in [0, 0.05) is 0 Å². The molecular formula is C14H28O2. The number of hydrogen-bond acceptors (Lipinski definition) is 2. The Morgan fingerprint density at radius 2 is 1.25 bits per heavy atom. The van der Waals surface area contributed by atoms with Crippen LogP contribution in [-0.2, 0) is 9.47 Å². The van der Waals surface area contributed by atoms with Gasteiger partial charge in [0.15, 0.2) is 0 Å². The van der Waals surface area contributed by atoms with Crippen LogP contribution in [0.5, 0.6) is 0 Å². The van der Waals surface area contributed by atoms with E-state index in [-0.39, 0.29) is 0 Å². The molecule has 0 aromatic carbocycles. The van der Waals surface area contributed by atoms with Crippen LogP contribution in [0.2, 0.25) is 0 Å². The van der Waals surface area contributed by atoms with Crippen molar-refractivity contribution in [1.29, 1.82) is 0 Å². The molecule has 0 spiro atoms. The Morgan fingerprint density at radius 1 is 0.750 bits per heavy atom. The van der Waals surface area contributed by atoms with E-state index in [2.05, 4.69) is 27.0 Å². The Labute approximate surface area is 101 Å². The molecule has 0 aliphatic carbocycles. The molecule has 0 aliphatic heterocycles. The molecule has 0 atom stereocenters. The number of hydrogen-bond donors (Lipinski definition) is 0. The summed E-state index contributed by atoms with van der Waals surface area (Å²) in [4.78, 5) is 0. The maximum atomic E-state index is 4.94. The third-order valence-corrected chi connectivity index (χ3v) is 1.97. The molecule has 96 valence electrons. The molecular weight excluding hydrogens is 200 g/mol. The fourth-order valence-corrected chi connectivity index (χ4v) is 1.01. The highest BCUT2D eigenvalue weighted by atomic mass is 16.5. The fourth-order valence-electron chi connectivity index (χ4n) is 1.01. The first kappa shape index (κ1) is 17.5. The molecule has 16 heavy (non-hydrogen) atoms. The summed E-state index contributed by atoms with van der Waals surface area (Å²) < 4.78 is 9.78. The molecule has 0 unspecified atom stereocenters. The second kappa shape index (κ2) is 19.6. The smallest absolute Gasteiger partial charge is 0.0873 e. The van der Waals surface area contributed by atoms with Gasteiger partial charge in [0.05, 0.1) is 25.7 Å². The van der Waals surface area contributed by atoms with Gasteiger partial charge >= 0.3 is 0 Å². The van der Waals surface area contributed by atoms with Gasteiger partial charge in [0.25, 0.3) is 0 Å². The van der Waals surface area contributed by atoms with Crippen molar-refractivity contribution < 1.29 is 9.47 Å². The monoisotopic (exact) mass is 228 g/mol. The lowest BCUT2D eigenvalue weighted by Gasteiger charge is -1.97. The van der Waals surface area contributed by atoms with Crippen molar-refractivity contribution in [2.45, 2.75) is 52.4 Å². The van der Waals surface area contributed by atoms with Gasteiger partial charge in [-0.15, -0.1) is 0 Å². The van der Waals surface area contributed by atoms with Gasteiger partial charge < -0.3 is 9.47 Å². The van der Waals surface area contributed by atoms with Crippen LogP contribution in [0.3, 0.4) is 0 Å². The third kappa shape index (κ3) is 23.2. The van der Waals surface area contributed by atoms with Crippen LogP contribution in [0, 0.1) is 0 Å². The van der Waals surface area contributed by atoms with Gasteiger partial charge in [-0.2, -0.15) is 0 Å². The molecule has 0 heterocycles. The van der Waals surface area contributed by atoms with E-state index < -0.39 is 0 Å². The van der Waals surface area contributed by atoms with Crippen LogP contribution in [-0.4, -0.2) is 13.2 Å². The zero-order valence-corrected chi connectivity index (χ0v) is 11.0. The lowest BCUT2D eigenvalue weighted by Crippen LogP contribution is -1.86. The Bertz CT molecular complexity index is 133. The minimum absolute atomic E-state index is 0.819. The first-order valence-corrected chi connectivity index (χ1v) is 6.28. The molecule has 0 N–H and O–H groups in total. The standard InChI is InChI=1S/C8H16O.C6H12O/c1-3-5-6-7-8-9-4-2;1-3-5-6-7-4-2/h4H,2-3,5-8H2,1H3;4H,2-3,5-6H2,1H3. The normalized spacial score (nSPS) is 8.62. The maximum Gasteiger partial charge on any atom is 0.0873 e. The van der Waals surface area contributed by atoms with Crippen molar-refractivity contribution in [2.75, 3.05) is 13.2 Å². The molecule has 0 radical (unpaired) electrons. The van der Waals surface area contributed by atoms with Crippen molar-refractivity contribution in [3.63, 3.8) is 0 Å². The van der Waals surface area contributed by atoms with Gasteiger partial charge in [-0.25, -0.2) is 0 Å². The van der Waals surface area contributed by atoms with E-state index in [0.717, 1.165) is 19.6 Å². The summed E-state index contributed by atoms with van der Waals surface area (Å²) in [6.07, 6.45) is 10.4. The summed E-state index contributed by atoms with van der Waals surface area (Å²) >= 11 is 0. The highest BCUT2D eigenvalue weighted by Crippen LogP contribution is 1.98. The summed E-state index contributed by atoms with van der Waals surface area (Å²) in [6.45, 7) is 12.9. The molecule has 0 rings (SSSR count). The van der Waals surface area contributed by atoms with Crippen molar-refractivity contribution in [2.24, 2.45) is 0 Å². The minimum atomic E-state index is 0.819. The van der Waals surface area contributed by atoms with E-state index in [1.54, 1.807) is 0 Å². The van der Waals surface area contributed by atoms with E-state index in [1.807, 2.05) is 0 Å². The molecule has 0 amide bonds. The zero-order chi connectivity index (χ0) is 12.5. The Hall–Kier alpha value is -0.920. The molecule has 0 bridgehead atoms. The Balaban J connectivity index is 0. The Kier molecular flexibility index (Phi) is 21.4. The molecule has 2 nitrogen and oxygen atoms in total. The first-order chi connectivity index (χ1) is 7.83. The SMILES string of the molecule is C=COCCCC.C=COCCCCCC. The van der Waals surface area contributed by atoms with Crippen LogP contribution in [0.1, 0.15) is 52.4 Å². The average Bonchev–Trinajstić information content (AvgIpc) is 2.31. The van der Waals surface area contributed by atoms with Crippen LogP contribution in [0.4, 0.5) is 0 Å². The van der Waals surface area contributed by atoms with Gasteiger partial charge in [-0.1, -0.05) is 52.7 Å². The topological polar surface area (TPSA) is 18.5 Å². The molecule has 0 aromatic heterocycles. The molecule has 0 aromatic rings. The van der Waals surface area contributed by atoms with Crippen LogP contribution < -0.4 is 0 Å². The summed E-state index contributed by atoms with van der Waals surface area (Å²) in [5, 5.41) is 0. The second-order valence-electron chi connectivity index (χ2n) is 3.49. The van der Waals surface area contributed by atoms with Crippen molar-refractivity contribution in [3.05, 3.63) is 25.7 Å². The highest BCUT2D eigenvalue weighted by Gasteiger charge is 1.84. The number of rotatable bonds is 10. The van der Waals surface area contributed by atoms with Crippen molar-refractivity contribution in [3.8, 4) is 0 Å². The predicted octanol–water partition coefficient (Wildman–Crippen LogP) is 4.67. The number of unbranched alkanes of at least 4 members (excludes halogenated alkanes) is 4. The van der Waals surface area contributed by atoms with E-state index in [4.69, 9.17) is 9.47 Å². The van der Waals surface area contributed by atoms with Crippen LogP contribution in [0.25, 0.3) is 0 Å². The Morgan fingerprint density at radius 3 is 1.69 bits per heavy atom. The fraction of sp³-hybridized carbons (Fsp3) is 0.714. The molecule has 0 saturated heterocycles. The lowest BCUT2D eigenvalue weighted by molar-refractivity contribution is 0.242. The van der Waals surface area contributed by atoms with Crippen molar-refractivity contribution >= 4 is 0 Å².